The molecule has 0 aliphatic carbocycles. The van der Waals surface area contributed by atoms with Crippen LogP contribution in [0, 0.1) is 0 Å². The molecule has 1 saturated heterocycles. The van der Waals surface area contributed by atoms with Crippen LogP contribution in [0.2, 0.25) is 0 Å². The molecule has 2 atom stereocenters. The van der Waals surface area contributed by atoms with Gasteiger partial charge in [0.2, 0.25) is 0 Å². The van der Waals surface area contributed by atoms with Crippen molar-refractivity contribution in [1.29, 1.82) is 0 Å². The molecular weight excluding hydrogens is 170 g/mol. The summed E-state index contributed by atoms with van der Waals surface area (Å²) >= 11 is 0. The summed E-state index contributed by atoms with van der Waals surface area (Å²) in [6, 6.07) is 0. The van der Waals surface area contributed by atoms with E-state index in [0.29, 0.717) is 15.8 Å². The van der Waals surface area contributed by atoms with Crippen molar-refractivity contribution >= 4 is 15.8 Å². The lowest BCUT2D eigenvalue weighted by molar-refractivity contribution is 1.10. The van der Waals surface area contributed by atoms with Crippen LogP contribution in [0.5, 0.6) is 0 Å². The average Bonchev–Trinajstić information content (AvgIpc) is 2.30. The summed E-state index contributed by atoms with van der Waals surface area (Å²) in [5.41, 5.74) is 1.70. The van der Waals surface area contributed by atoms with E-state index in [0.717, 1.165) is 0 Å². The van der Waals surface area contributed by atoms with Crippen LogP contribution in [0.15, 0.2) is 10.6 Å². The molecule has 0 amide bonds. The van der Waals surface area contributed by atoms with E-state index in [1.165, 1.54) is 18.7 Å². The summed E-state index contributed by atoms with van der Waals surface area (Å²) in [4.78, 5) is 0. The molecule has 0 aromatic rings. The van der Waals surface area contributed by atoms with Gasteiger partial charge < -0.3 is 0 Å². The molecule has 1 aliphatic heterocycles. The Bertz CT molecular complexity index is 160. The molecular formula is C9H18P2. The van der Waals surface area contributed by atoms with E-state index in [9.17, 15) is 0 Å². The third kappa shape index (κ3) is 2.04. The van der Waals surface area contributed by atoms with Crippen LogP contribution in [-0.4, -0.2) is 25.7 Å². The van der Waals surface area contributed by atoms with E-state index in [-0.39, 0.29) is 0 Å². The molecule has 1 fully saturated rings. The molecule has 0 spiro atoms. The zero-order valence-corrected chi connectivity index (χ0v) is 9.80. The van der Waals surface area contributed by atoms with Gasteiger partial charge in [0, 0.05) is 0 Å². The van der Waals surface area contributed by atoms with Crippen LogP contribution in [0.1, 0.15) is 20.3 Å². The maximum Gasteiger partial charge on any atom is -0.0241 e. The summed E-state index contributed by atoms with van der Waals surface area (Å²) in [7, 11) is 0.591. The second kappa shape index (κ2) is 4.01. The zero-order chi connectivity index (χ0) is 8.43. The molecule has 0 N–H and O–H groups in total. The van der Waals surface area contributed by atoms with Crippen molar-refractivity contribution in [1.82, 2.24) is 0 Å². The van der Waals surface area contributed by atoms with Gasteiger partial charge >= 0.3 is 0 Å². The molecule has 0 aromatic carbocycles. The second-order valence-corrected chi connectivity index (χ2v) is 8.23. The molecule has 0 bridgehead atoms. The van der Waals surface area contributed by atoms with Crippen LogP contribution in [-0.2, 0) is 0 Å². The van der Waals surface area contributed by atoms with Gasteiger partial charge in [-0.3, -0.25) is 0 Å². The molecule has 1 rings (SSSR count). The van der Waals surface area contributed by atoms with Crippen molar-refractivity contribution in [3.8, 4) is 0 Å². The van der Waals surface area contributed by atoms with Gasteiger partial charge in [0.1, 0.15) is 0 Å². The minimum atomic E-state index is 0.295. The van der Waals surface area contributed by atoms with Gasteiger partial charge in [-0.1, -0.05) is 28.3 Å². The van der Waals surface area contributed by atoms with Crippen LogP contribution in [0.25, 0.3) is 0 Å². The van der Waals surface area contributed by atoms with E-state index in [1.807, 2.05) is 5.06 Å². The van der Waals surface area contributed by atoms with E-state index < -0.39 is 0 Å². The summed E-state index contributed by atoms with van der Waals surface area (Å²) in [5.74, 6) is 0. The second-order valence-electron chi connectivity index (χ2n) is 3.30. The average molecular weight is 188 g/mol. The molecule has 2 heteroatoms. The van der Waals surface area contributed by atoms with Crippen molar-refractivity contribution < 1.29 is 0 Å². The fourth-order valence-electron chi connectivity index (χ4n) is 1.61. The van der Waals surface area contributed by atoms with Gasteiger partial charge in [-0.05, 0) is 44.1 Å². The van der Waals surface area contributed by atoms with Gasteiger partial charge in [-0.15, -0.1) is 0 Å². The maximum absolute atomic E-state index is 2.45. The van der Waals surface area contributed by atoms with E-state index in [1.54, 1.807) is 5.57 Å². The first-order valence-corrected chi connectivity index (χ1v) is 8.23. The molecule has 11 heavy (non-hydrogen) atoms. The Kier molecular flexibility index (Phi) is 3.53. The third-order valence-electron chi connectivity index (χ3n) is 2.41. The summed E-state index contributed by atoms with van der Waals surface area (Å²) in [6.07, 6.45) is 4.28. The molecule has 0 nitrogen and oxygen atoms in total. The predicted molar refractivity (Wildman–Crippen MR) is 58.4 cm³/mol. The topological polar surface area (TPSA) is 0 Å². The van der Waals surface area contributed by atoms with E-state index in [2.05, 4.69) is 27.2 Å². The van der Waals surface area contributed by atoms with E-state index >= 15 is 0 Å². The van der Waals surface area contributed by atoms with E-state index in [4.69, 9.17) is 0 Å². The summed E-state index contributed by atoms with van der Waals surface area (Å²) in [5, 5.41) is 1.89. The molecule has 1 heterocycles. The Morgan fingerprint density at radius 3 is 2.09 bits per heavy atom. The lowest BCUT2D eigenvalue weighted by Crippen LogP contribution is -1.78. The quantitative estimate of drug-likeness (QED) is 0.548. The molecule has 1 aliphatic rings. The van der Waals surface area contributed by atoms with Crippen LogP contribution >= 0.6 is 15.8 Å². The van der Waals surface area contributed by atoms with Crippen LogP contribution in [0.4, 0.5) is 0 Å². The number of rotatable bonds is 1. The Hall–Kier alpha value is 0.600. The Labute approximate surface area is 73.0 Å². The van der Waals surface area contributed by atoms with Crippen molar-refractivity contribution in [3.63, 3.8) is 0 Å². The lowest BCUT2D eigenvalue weighted by Gasteiger charge is -2.13. The Morgan fingerprint density at radius 2 is 1.73 bits per heavy atom. The highest BCUT2D eigenvalue weighted by atomic mass is 31.2. The maximum atomic E-state index is 2.45. The Morgan fingerprint density at radius 1 is 1.27 bits per heavy atom. The largest absolute Gasteiger partial charge is 0.0777 e. The summed E-state index contributed by atoms with van der Waals surface area (Å²) in [6.45, 7) is 9.52. The SMILES string of the molecule is CCC(C)=C1P(C)CCP1C. The minimum absolute atomic E-state index is 0.295. The summed E-state index contributed by atoms with van der Waals surface area (Å²) < 4.78 is 0. The monoisotopic (exact) mass is 188 g/mol. The molecule has 0 aromatic heterocycles. The van der Waals surface area contributed by atoms with Crippen molar-refractivity contribution in [2.75, 3.05) is 25.7 Å². The first-order chi connectivity index (χ1) is 5.16. The number of hydrogen-bond donors (Lipinski definition) is 0. The van der Waals surface area contributed by atoms with Crippen molar-refractivity contribution in [3.05, 3.63) is 10.6 Å². The Balaban J connectivity index is 2.83. The van der Waals surface area contributed by atoms with Gasteiger partial charge in [0.25, 0.3) is 0 Å². The van der Waals surface area contributed by atoms with Crippen LogP contribution < -0.4 is 0 Å². The molecule has 0 saturated carbocycles. The molecule has 2 unspecified atom stereocenters. The van der Waals surface area contributed by atoms with Gasteiger partial charge in [-0.2, -0.15) is 0 Å². The molecule has 0 radical (unpaired) electrons. The highest BCUT2D eigenvalue weighted by molar-refractivity contribution is 7.84. The molecule has 64 valence electrons. The highest BCUT2D eigenvalue weighted by Gasteiger charge is 2.23. The zero-order valence-electron chi connectivity index (χ0n) is 8.02. The normalized spacial score (nSPS) is 31.1. The lowest BCUT2D eigenvalue weighted by atomic mass is 10.3. The van der Waals surface area contributed by atoms with Crippen molar-refractivity contribution in [2.24, 2.45) is 0 Å². The fraction of sp³-hybridized carbons (Fsp3) is 0.778. The number of allylic oxidation sites excluding steroid dienone is 1. The number of hydrogen-bond acceptors (Lipinski definition) is 0. The van der Waals surface area contributed by atoms with Crippen molar-refractivity contribution in [2.45, 2.75) is 20.3 Å². The van der Waals surface area contributed by atoms with Gasteiger partial charge in [-0.25, -0.2) is 0 Å². The third-order valence-corrected chi connectivity index (χ3v) is 8.81. The highest BCUT2D eigenvalue weighted by Crippen LogP contribution is 2.66. The smallest absolute Gasteiger partial charge is 0.0241 e. The first kappa shape index (κ1) is 9.69. The van der Waals surface area contributed by atoms with Gasteiger partial charge in [0.15, 0.2) is 0 Å². The van der Waals surface area contributed by atoms with Gasteiger partial charge in [0.05, 0.1) is 0 Å². The standard InChI is InChI=1S/C9H18P2/c1-5-8(2)9-10(3)6-7-11(9)4/h5-7H2,1-4H3. The minimum Gasteiger partial charge on any atom is -0.0777 e. The first-order valence-electron chi connectivity index (χ1n) is 4.28. The fourth-order valence-corrected chi connectivity index (χ4v) is 8.99. The van der Waals surface area contributed by atoms with Crippen LogP contribution in [0.3, 0.4) is 0 Å². The predicted octanol–water partition coefficient (Wildman–Crippen LogP) is 3.86.